The van der Waals surface area contributed by atoms with Gasteiger partial charge in [0, 0.05) is 30.4 Å². The maximum atomic E-state index is 11.0. The largest absolute Gasteiger partial charge is 0.481 e. The van der Waals surface area contributed by atoms with E-state index in [4.69, 9.17) is 9.84 Å². The number of aliphatic carboxylic acids is 1. The molecule has 0 bridgehead atoms. The highest BCUT2D eigenvalue weighted by molar-refractivity contribution is 5.89. The van der Waals surface area contributed by atoms with Crippen LogP contribution >= 0.6 is 0 Å². The van der Waals surface area contributed by atoms with E-state index in [1.165, 1.54) is 35.8 Å². The number of hydrogen-bond acceptors (Lipinski definition) is 3. The maximum Gasteiger partial charge on any atom is 0.303 e. The summed E-state index contributed by atoms with van der Waals surface area (Å²) in [5, 5.41) is 19.8. The van der Waals surface area contributed by atoms with Crippen molar-refractivity contribution in [2.24, 2.45) is 0 Å². The van der Waals surface area contributed by atoms with Crippen molar-refractivity contribution in [1.29, 1.82) is 0 Å². The summed E-state index contributed by atoms with van der Waals surface area (Å²) in [7, 11) is 0. The van der Waals surface area contributed by atoms with Gasteiger partial charge >= 0.3 is 5.97 Å². The highest BCUT2D eigenvalue weighted by atomic mass is 16.5. The third-order valence-corrected chi connectivity index (χ3v) is 6.33. The van der Waals surface area contributed by atoms with Gasteiger partial charge in [-0.1, -0.05) is 87.6 Å². The number of hydrogen-bond donors (Lipinski definition) is 3. The first-order chi connectivity index (χ1) is 16.8. The Morgan fingerprint density at radius 3 is 2.20 bits per heavy atom. The normalized spacial score (nSPS) is 16.3. The van der Waals surface area contributed by atoms with Crippen molar-refractivity contribution in [3.63, 3.8) is 0 Å². The fraction of sp³-hybridized carbons (Fsp3) is 0.700. The number of aromatic nitrogens is 1. The van der Waals surface area contributed by atoms with Gasteiger partial charge in [0.15, 0.2) is 0 Å². The highest BCUT2D eigenvalue weighted by Crippen LogP contribution is 2.43. The smallest absolute Gasteiger partial charge is 0.303 e. The Bertz CT molecular complexity index is 854. The van der Waals surface area contributed by atoms with Gasteiger partial charge in [-0.15, -0.1) is 0 Å². The number of carboxylic acids is 1. The Kier molecular flexibility index (Phi) is 16.6. The summed E-state index contributed by atoms with van der Waals surface area (Å²) >= 11 is 0. The number of aromatic amines is 1. The van der Waals surface area contributed by atoms with Gasteiger partial charge in [0.2, 0.25) is 0 Å². The Morgan fingerprint density at radius 2 is 1.74 bits per heavy atom. The number of nitrogens with one attached hydrogen (secondary N) is 1. The first-order valence-electron chi connectivity index (χ1n) is 14.0. The Morgan fingerprint density at radius 1 is 1.11 bits per heavy atom. The van der Waals surface area contributed by atoms with Crippen LogP contribution in [0.2, 0.25) is 0 Å². The number of carbonyl (C=O) groups is 1. The molecule has 1 unspecified atom stereocenters. The standard InChI is InChI=1S/C21H29NO4.C5H12.2C2H6/c1-4-21(8-9-23)20-15(7-10-26-21)17-12-14(5-6-18(24)25)11-16(13(2)3)19(17)22-20;1-3-5-4-2;2*1-2/h11-13,22-23H,4-10H2,1-3H3,(H,24,25);3-5H2,1-2H3;2*1-2H3. The van der Waals surface area contributed by atoms with Crippen LogP contribution in [0.3, 0.4) is 0 Å². The molecular weight excluding hydrogens is 438 g/mol. The minimum absolute atomic E-state index is 0.0868. The number of fused-ring (bicyclic) bond motifs is 3. The van der Waals surface area contributed by atoms with E-state index >= 15 is 0 Å². The van der Waals surface area contributed by atoms with Crippen LogP contribution in [0.15, 0.2) is 12.1 Å². The maximum absolute atomic E-state index is 11.0. The predicted molar refractivity (Wildman–Crippen MR) is 150 cm³/mol. The molecule has 3 rings (SSSR count). The van der Waals surface area contributed by atoms with Crippen molar-refractivity contribution in [3.8, 4) is 0 Å². The summed E-state index contributed by atoms with van der Waals surface area (Å²) in [5.74, 6) is -0.439. The fourth-order valence-electron chi connectivity index (χ4n) is 4.55. The molecule has 0 aliphatic carbocycles. The van der Waals surface area contributed by atoms with Crippen LogP contribution in [0, 0.1) is 0 Å². The zero-order valence-corrected chi connectivity index (χ0v) is 24.0. The number of H-pyrrole nitrogens is 1. The van der Waals surface area contributed by atoms with E-state index in [1.54, 1.807) is 0 Å². The van der Waals surface area contributed by atoms with Crippen LogP contribution in [0.25, 0.3) is 10.9 Å². The van der Waals surface area contributed by atoms with Crippen LogP contribution < -0.4 is 0 Å². The lowest BCUT2D eigenvalue weighted by Crippen LogP contribution is -2.36. The molecule has 0 amide bonds. The van der Waals surface area contributed by atoms with Gasteiger partial charge in [-0.2, -0.15) is 0 Å². The van der Waals surface area contributed by atoms with Gasteiger partial charge in [0.1, 0.15) is 5.60 Å². The van der Waals surface area contributed by atoms with E-state index in [1.807, 2.05) is 27.7 Å². The van der Waals surface area contributed by atoms with Crippen LogP contribution in [0.5, 0.6) is 0 Å². The molecule has 1 aliphatic rings. The minimum atomic E-state index is -0.770. The minimum Gasteiger partial charge on any atom is -0.481 e. The molecule has 202 valence electrons. The molecule has 35 heavy (non-hydrogen) atoms. The third-order valence-electron chi connectivity index (χ3n) is 6.33. The molecule has 0 spiro atoms. The number of aryl methyl sites for hydroxylation is 1. The molecule has 1 aliphatic heterocycles. The van der Waals surface area contributed by atoms with Gasteiger partial charge in [-0.3, -0.25) is 4.79 Å². The number of rotatable bonds is 9. The summed E-state index contributed by atoms with van der Waals surface area (Å²) in [6, 6.07) is 4.28. The van der Waals surface area contributed by atoms with Gasteiger partial charge in [-0.05, 0) is 47.9 Å². The molecule has 0 saturated heterocycles. The van der Waals surface area contributed by atoms with Gasteiger partial charge in [0.05, 0.1) is 12.3 Å². The molecule has 0 radical (unpaired) electrons. The van der Waals surface area contributed by atoms with E-state index in [0.29, 0.717) is 25.4 Å². The van der Waals surface area contributed by atoms with Gasteiger partial charge in [0.25, 0.3) is 0 Å². The molecule has 3 N–H and O–H groups in total. The fourth-order valence-corrected chi connectivity index (χ4v) is 4.55. The van der Waals surface area contributed by atoms with Crippen molar-refractivity contribution >= 4 is 16.9 Å². The highest BCUT2D eigenvalue weighted by Gasteiger charge is 2.38. The van der Waals surface area contributed by atoms with Crippen molar-refractivity contribution in [1.82, 2.24) is 4.98 Å². The van der Waals surface area contributed by atoms with Crippen molar-refractivity contribution in [3.05, 3.63) is 34.5 Å². The molecule has 1 aromatic heterocycles. The molecule has 0 fully saturated rings. The monoisotopic (exact) mass is 491 g/mol. The second kappa shape index (κ2) is 17.6. The first-order valence-corrected chi connectivity index (χ1v) is 14.0. The van der Waals surface area contributed by atoms with Crippen LogP contribution in [-0.2, 0) is 28.0 Å². The predicted octanol–water partition coefficient (Wildman–Crippen LogP) is 8.12. The number of aliphatic hydroxyl groups excluding tert-OH is 1. The van der Waals surface area contributed by atoms with E-state index in [-0.39, 0.29) is 13.0 Å². The molecule has 5 heteroatoms. The van der Waals surface area contributed by atoms with Crippen molar-refractivity contribution in [2.45, 2.75) is 125 Å². The van der Waals surface area contributed by atoms with E-state index in [2.05, 4.69) is 51.7 Å². The van der Waals surface area contributed by atoms with E-state index in [0.717, 1.165) is 29.6 Å². The average Bonchev–Trinajstić information content (AvgIpc) is 3.25. The summed E-state index contributed by atoms with van der Waals surface area (Å²) in [6.07, 6.45) is 6.97. The SMILES string of the molecule is CC.CC.CCC1(CCO)OCCc2c1[nH]c1c(C(C)C)cc(CCC(=O)O)cc21.CCCCC. The van der Waals surface area contributed by atoms with E-state index in [9.17, 15) is 9.90 Å². The number of aliphatic hydroxyl groups is 1. The van der Waals surface area contributed by atoms with Gasteiger partial charge in [-0.25, -0.2) is 0 Å². The zero-order chi connectivity index (χ0) is 27.0. The summed E-state index contributed by atoms with van der Waals surface area (Å²) < 4.78 is 6.15. The zero-order valence-electron chi connectivity index (χ0n) is 24.0. The Labute approximate surface area is 214 Å². The molecule has 0 saturated carbocycles. The lowest BCUT2D eigenvalue weighted by molar-refractivity contribution is -0.136. The molecule has 1 atom stereocenters. The topological polar surface area (TPSA) is 82.5 Å². The van der Waals surface area contributed by atoms with Gasteiger partial charge < -0.3 is 19.9 Å². The molecular formula is C30H53NO4. The summed E-state index contributed by atoms with van der Waals surface area (Å²) in [5.41, 5.74) is 5.31. The van der Waals surface area contributed by atoms with Crippen molar-refractivity contribution in [2.75, 3.05) is 13.2 Å². The second-order valence-corrected chi connectivity index (χ2v) is 8.91. The number of ether oxygens (including phenoxy) is 1. The molecule has 2 heterocycles. The summed E-state index contributed by atoms with van der Waals surface area (Å²) in [4.78, 5) is 14.6. The lowest BCUT2D eigenvalue weighted by Gasteiger charge is -2.36. The van der Waals surface area contributed by atoms with E-state index < -0.39 is 11.6 Å². The number of benzene rings is 1. The number of carboxylic acid groups (broad SMARTS) is 1. The Hall–Kier alpha value is -1.85. The Balaban J connectivity index is 0.00000112. The van der Waals surface area contributed by atoms with Crippen LogP contribution in [0.4, 0.5) is 0 Å². The van der Waals surface area contributed by atoms with Crippen LogP contribution in [-0.4, -0.2) is 34.4 Å². The molecule has 5 nitrogen and oxygen atoms in total. The summed E-state index contributed by atoms with van der Waals surface area (Å²) in [6.45, 7) is 19.6. The third kappa shape index (κ3) is 8.95. The lowest BCUT2D eigenvalue weighted by atomic mass is 9.86. The average molecular weight is 492 g/mol. The number of unbranched alkanes of at least 4 members (excludes halogenated alkanes) is 2. The van der Waals surface area contributed by atoms with Crippen molar-refractivity contribution < 1.29 is 19.7 Å². The second-order valence-electron chi connectivity index (χ2n) is 8.91. The van der Waals surface area contributed by atoms with Crippen LogP contribution in [0.1, 0.15) is 129 Å². The quantitative estimate of drug-likeness (QED) is 0.331. The first kappa shape index (κ1) is 33.1. The molecule has 2 aromatic rings. The molecule has 1 aromatic carbocycles.